The zero-order chi connectivity index (χ0) is 15.6. The number of piperidine rings is 1. The molecular formula is C12H20N4O3S2. The van der Waals surface area contributed by atoms with Crippen molar-refractivity contribution in [2.45, 2.75) is 24.7 Å². The number of nitrogens with one attached hydrogen (secondary N) is 1. The summed E-state index contributed by atoms with van der Waals surface area (Å²) < 4.78 is 28.4. The molecule has 2 heterocycles. The number of rotatable bonds is 4. The highest BCUT2D eigenvalue weighted by atomic mass is 32.2. The molecule has 2 rings (SSSR count). The van der Waals surface area contributed by atoms with Gasteiger partial charge in [0.05, 0.1) is 11.7 Å². The predicted molar refractivity (Wildman–Crippen MR) is 83.3 cm³/mol. The first-order valence-electron chi connectivity index (χ1n) is 6.85. The van der Waals surface area contributed by atoms with E-state index in [0.29, 0.717) is 18.1 Å². The minimum Gasteiger partial charge on any atom is -0.382 e. The molecule has 21 heavy (non-hydrogen) atoms. The lowest BCUT2D eigenvalue weighted by Gasteiger charge is -2.32. The Morgan fingerprint density at radius 3 is 2.90 bits per heavy atom. The van der Waals surface area contributed by atoms with Crippen LogP contribution in [0.2, 0.25) is 0 Å². The Balaban J connectivity index is 2.33. The molecule has 0 spiro atoms. The van der Waals surface area contributed by atoms with E-state index in [2.05, 4.69) is 9.69 Å². The summed E-state index contributed by atoms with van der Waals surface area (Å²) in [4.78, 5) is 13.8. The fourth-order valence-corrected chi connectivity index (χ4v) is 4.85. The Morgan fingerprint density at radius 1 is 1.57 bits per heavy atom. The van der Waals surface area contributed by atoms with Crippen molar-refractivity contribution in [3.05, 3.63) is 0 Å². The summed E-state index contributed by atoms with van der Waals surface area (Å²) in [7, 11) is -1.82. The van der Waals surface area contributed by atoms with E-state index in [-0.39, 0.29) is 28.3 Å². The van der Waals surface area contributed by atoms with Crippen molar-refractivity contribution < 1.29 is 13.2 Å². The second kappa shape index (κ2) is 6.18. The van der Waals surface area contributed by atoms with Crippen molar-refractivity contribution in [1.82, 2.24) is 9.69 Å². The second-order valence-corrected chi connectivity index (χ2v) is 7.97. The quantitative estimate of drug-likeness (QED) is 0.831. The van der Waals surface area contributed by atoms with Crippen LogP contribution >= 0.6 is 11.5 Å². The number of carbonyl (C=O) groups excluding carboxylic acids is 1. The van der Waals surface area contributed by atoms with Gasteiger partial charge >= 0.3 is 0 Å². The van der Waals surface area contributed by atoms with Crippen molar-refractivity contribution in [3.63, 3.8) is 0 Å². The predicted octanol–water partition coefficient (Wildman–Crippen LogP) is 0.481. The molecule has 9 heteroatoms. The zero-order valence-corrected chi connectivity index (χ0v) is 13.8. The monoisotopic (exact) mass is 332 g/mol. The number of hydrogen-bond acceptors (Lipinski definition) is 7. The van der Waals surface area contributed by atoms with E-state index in [1.54, 1.807) is 14.0 Å². The lowest BCUT2D eigenvalue weighted by molar-refractivity contribution is -0.124. The van der Waals surface area contributed by atoms with Gasteiger partial charge < -0.3 is 16.0 Å². The largest absolute Gasteiger partial charge is 0.382 e. The Labute approximate surface area is 128 Å². The van der Waals surface area contributed by atoms with E-state index in [0.717, 1.165) is 24.4 Å². The van der Waals surface area contributed by atoms with Crippen LogP contribution in [-0.2, 0) is 14.6 Å². The van der Waals surface area contributed by atoms with Gasteiger partial charge in [0.15, 0.2) is 15.7 Å². The van der Waals surface area contributed by atoms with Crippen LogP contribution < -0.4 is 16.0 Å². The molecule has 0 aromatic carbocycles. The lowest BCUT2D eigenvalue weighted by atomic mass is 9.97. The molecule has 118 valence electrons. The molecule has 0 radical (unpaired) electrons. The Hall–Kier alpha value is -1.35. The average Bonchev–Trinajstić information content (AvgIpc) is 2.89. The van der Waals surface area contributed by atoms with E-state index in [1.165, 1.54) is 0 Å². The van der Waals surface area contributed by atoms with Gasteiger partial charge in [0.2, 0.25) is 5.91 Å². The third-order valence-electron chi connectivity index (χ3n) is 3.67. The van der Waals surface area contributed by atoms with Crippen molar-refractivity contribution in [1.29, 1.82) is 0 Å². The van der Waals surface area contributed by atoms with Gasteiger partial charge in [-0.3, -0.25) is 4.79 Å². The third kappa shape index (κ3) is 3.13. The Bertz CT molecular complexity index is 626. The Kier molecular flexibility index (Phi) is 4.72. The van der Waals surface area contributed by atoms with Gasteiger partial charge in [-0.2, -0.15) is 4.37 Å². The van der Waals surface area contributed by atoms with E-state index in [1.807, 2.05) is 4.90 Å². The van der Waals surface area contributed by atoms with Gasteiger partial charge in [-0.15, -0.1) is 0 Å². The van der Waals surface area contributed by atoms with Gasteiger partial charge in [-0.25, -0.2) is 8.42 Å². The fourth-order valence-electron chi connectivity index (χ4n) is 2.50. The van der Waals surface area contributed by atoms with Crippen LogP contribution in [0.4, 0.5) is 10.8 Å². The van der Waals surface area contributed by atoms with Crippen LogP contribution in [0.3, 0.4) is 0 Å². The summed E-state index contributed by atoms with van der Waals surface area (Å²) in [5, 5.41) is 3.21. The standard InChI is InChI=1S/C12H20N4O3S2/c1-3-21(18,19)9-10(13)15-20-12(9)16-6-4-5-8(7-16)11(17)14-2/h8H,3-7H2,1-2H3,(H2,13,15)(H,14,17). The molecule has 1 aliphatic rings. The van der Waals surface area contributed by atoms with Crippen LogP contribution in [0.1, 0.15) is 19.8 Å². The summed E-state index contributed by atoms with van der Waals surface area (Å²) in [6, 6.07) is 0. The van der Waals surface area contributed by atoms with Crippen LogP contribution in [0.25, 0.3) is 0 Å². The molecule has 1 aromatic rings. The molecule has 1 aliphatic heterocycles. The van der Waals surface area contributed by atoms with Gasteiger partial charge in [-0.1, -0.05) is 6.92 Å². The number of hydrogen-bond donors (Lipinski definition) is 2. The molecule has 1 unspecified atom stereocenters. The first-order valence-corrected chi connectivity index (χ1v) is 9.27. The molecule has 1 saturated heterocycles. The van der Waals surface area contributed by atoms with Gasteiger partial charge in [0.25, 0.3) is 0 Å². The SMILES string of the molecule is CCS(=O)(=O)c1c(N)nsc1N1CCCC(C(=O)NC)C1. The molecule has 7 nitrogen and oxygen atoms in total. The van der Waals surface area contributed by atoms with E-state index in [9.17, 15) is 13.2 Å². The molecule has 0 bridgehead atoms. The normalized spacial score (nSPS) is 19.5. The first-order chi connectivity index (χ1) is 9.90. The lowest BCUT2D eigenvalue weighted by Crippen LogP contribution is -2.42. The highest BCUT2D eigenvalue weighted by Crippen LogP contribution is 2.37. The number of aromatic nitrogens is 1. The smallest absolute Gasteiger partial charge is 0.224 e. The van der Waals surface area contributed by atoms with Gasteiger partial charge in [0.1, 0.15) is 9.90 Å². The molecule has 3 N–H and O–H groups in total. The maximum Gasteiger partial charge on any atom is 0.224 e. The number of amides is 1. The summed E-state index contributed by atoms with van der Waals surface area (Å²) in [5.41, 5.74) is 5.74. The number of nitrogen functional groups attached to an aromatic ring is 1. The number of nitrogens with two attached hydrogens (primary N) is 1. The van der Waals surface area contributed by atoms with Crippen molar-refractivity contribution in [3.8, 4) is 0 Å². The van der Waals surface area contributed by atoms with Crippen molar-refractivity contribution in [2.75, 3.05) is 36.5 Å². The molecule has 0 aliphatic carbocycles. The van der Waals surface area contributed by atoms with Crippen LogP contribution in [0.15, 0.2) is 4.90 Å². The van der Waals surface area contributed by atoms with Crippen LogP contribution in [0.5, 0.6) is 0 Å². The van der Waals surface area contributed by atoms with Gasteiger partial charge in [0, 0.05) is 20.1 Å². The average molecular weight is 332 g/mol. The topological polar surface area (TPSA) is 105 Å². The minimum atomic E-state index is -3.43. The number of sulfone groups is 1. The zero-order valence-electron chi connectivity index (χ0n) is 12.1. The summed E-state index contributed by atoms with van der Waals surface area (Å²) in [6.07, 6.45) is 1.64. The molecule has 1 amide bonds. The minimum absolute atomic E-state index is 0.0166. The fraction of sp³-hybridized carbons (Fsp3) is 0.667. The maximum absolute atomic E-state index is 12.2. The van der Waals surface area contributed by atoms with Crippen LogP contribution in [0, 0.1) is 5.92 Å². The molecular weight excluding hydrogens is 312 g/mol. The van der Waals surface area contributed by atoms with Crippen LogP contribution in [-0.4, -0.2) is 44.6 Å². The Morgan fingerprint density at radius 2 is 2.29 bits per heavy atom. The summed E-state index contributed by atoms with van der Waals surface area (Å²) in [6.45, 7) is 2.79. The summed E-state index contributed by atoms with van der Waals surface area (Å²) >= 11 is 1.09. The molecule has 0 saturated carbocycles. The number of nitrogens with zero attached hydrogens (tertiary/aromatic N) is 2. The summed E-state index contributed by atoms with van der Waals surface area (Å²) in [5.74, 6) is -0.116. The molecule has 1 fully saturated rings. The van der Waals surface area contributed by atoms with E-state index in [4.69, 9.17) is 5.73 Å². The molecule has 1 atom stereocenters. The third-order valence-corrected chi connectivity index (χ3v) is 6.51. The highest BCUT2D eigenvalue weighted by Gasteiger charge is 2.31. The molecule has 1 aromatic heterocycles. The van der Waals surface area contributed by atoms with Crippen molar-refractivity contribution in [2.24, 2.45) is 5.92 Å². The van der Waals surface area contributed by atoms with Gasteiger partial charge in [-0.05, 0) is 24.4 Å². The van der Waals surface area contributed by atoms with E-state index < -0.39 is 9.84 Å². The first kappa shape index (κ1) is 16.0. The number of anilines is 2. The van der Waals surface area contributed by atoms with Crippen molar-refractivity contribution >= 4 is 38.1 Å². The highest BCUT2D eigenvalue weighted by molar-refractivity contribution is 7.91. The van der Waals surface area contributed by atoms with E-state index >= 15 is 0 Å². The second-order valence-electron chi connectivity index (χ2n) is 5.00. The maximum atomic E-state index is 12.2. The number of carbonyl (C=O) groups is 1.